The van der Waals surface area contributed by atoms with Crippen molar-refractivity contribution in [3.63, 3.8) is 0 Å². The van der Waals surface area contributed by atoms with E-state index in [1.165, 1.54) is 11.8 Å². The molecule has 0 bridgehead atoms. The molecule has 0 aromatic carbocycles. The van der Waals surface area contributed by atoms with E-state index in [-0.39, 0.29) is 0 Å². The summed E-state index contributed by atoms with van der Waals surface area (Å²) in [7, 11) is 7.47. The molecule has 0 N–H and O–H groups in total. The van der Waals surface area contributed by atoms with Gasteiger partial charge in [-0.3, -0.25) is 0 Å². The predicted octanol–water partition coefficient (Wildman–Crippen LogP) is 0.619. The first kappa shape index (κ1) is 12.5. The fraction of sp³-hybridized carbons (Fsp3) is 0.556. The molecule has 0 spiro atoms. The van der Waals surface area contributed by atoms with Gasteiger partial charge in [-0.25, -0.2) is 0 Å². The van der Waals surface area contributed by atoms with Crippen LogP contribution in [0.4, 0.5) is 11.9 Å². The Hall–Kier alpha value is -1.55. The van der Waals surface area contributed by atoms with Crippen LogP contribution in [0.1, 0.15) is 0 Å². The summed E-state index contributed by atoms with van der Waals surface area (Å²) < 4.78 is 0. The van der Waals surface area contributed by atoms with Gasteiger partial charge in [0.2, 0.25) is 11.9 Å². The van der Waals surface area contributed by atoms with Crippen LogP contribution in [0.2, 0.25) is 0 Å². The highest BCUT2D eigenvalue weighted by molar-refractivity contribution is 7.99. The van der Waals surface area contributed by atoms with E-state index in [1.807, 2.05) is 44.1 Å². The van der Waals surface area contributed by atoms with Crippen LogP contribution in [0.5, 0.6) is 0 Å². The highest BCUT2D eigenvalue weighted by Crippen LogP contribution is 2.18. The van der Waals surface area contributed by atoms with Crippen molar-refractivity contribution < 1.29 is 0 Å². The van der Waals surface area contributed by atoms with Crippen molar-refractivity contribution in [1.29, 1.82) is 5.26 Å². The van der Waals surface area contributed by atoms with Gasteiger partial charge in [0.15, 0.2) is 5.16 Å². The molecule has 0 amide bonds. The fourth-order valence-corrected chi connectivity index (χ4v) is 1.38. The first-order valence-electron chi connectivity index (χ1n) is 4.65. The molecular weight excluding hydrogens is 224 g/mol. The number of hydrogen-bond donors (Lipinski definition) is 0. The van der Waals surface area contributed by atoms with E-state index in [0.29, 0.717) is 22.8 Å². The lowest BCUT2D eigenvalue weighted by atomic mass is 10.7. The molecule has 0 saturated carbocycles. The maximum Gasteiger partial charge on any atom is 0.230 e. The van der Waals surface area contributed by atoms with Crippen molar-refractivity contribution in [1.82, 2.24) is 15.0 Å². The zero-order valence-electron chi connectivity index (χ0n) is 9.80. The van der Waals surface area contributed by atoms with Gasteiger partial charge in [0, 0.05) is 28.2 Å². The van der Waals surface area contributed by atoms with Gasteiger partial charge in [-0.2, -0.15) is 20.2 Å². The van der Waals surface area contributed by atoms with E-state index in [2.05, 4.69) is 15.0 Å². The Morgan fingerprint density at radius 1 is 1.06 bits per heavy atom. The third-order valence-corrected chi connectivity index (χ3v) is 2.37. The Kier molecular flexibility index (Phi) is 4.31. The van der Waals surface area contributed by atoms with Crippen LogP contribution in [0.25, 0.3) is 0 Å². The molecule has 0 atom stereocenters. The number of aromatic nitrogens is 3. The van der Waals surface area contributed by atoms with Gasteiger partial charge in [0.05, 0.1) is 11.8 Å². The topological polar surface area (TPSA) is 68.9 Å². The quantitative estimate of drug-likeness (QED) is 0.712. The second-order valence-corrected chi connectivity index (χ2v) is 4.40. The Morgan fingerprint density at radius 3 is 1.94 bits per heavy atom. The zero-order valence-corrected chi connectivity index (χ0v) is 10.6. The number of anilines is 2. The van der Waals surface area contributed by atoms with E-state index < -0.39 is 0 Å². The predicted molar refractivity (Wildman–Crippen MR) is 64.8 cm³/mol. The SMILES string of the molecule is CN(C)c1nc(SCC#N)nc(N(C)C)n1. The Balaban J connectivity index is 3.04. The van der Waals surface area contributed by atoms with Crippen LogP contribution in [-0.4, -0.2) is 48.9 Å². The van der Waals surface area contributed by atoms with Crippen molar-refractivity contribution in [3.05, 3.63) is 0 Å². The van der Waals surface area contributed by atoms with E-state index >= 15 is 0 Å². The lowest BCUT2D eigenvalue weighted by molar-refractivity contribution is 0.840. The first-order valence-corrected chi connectivity index (χ1v) is 5.63. The van der Waals surface area contributed by atoms with Crippen LogP contribution < -0.4 is 9.80 Å². The molecule has 1 aromatic heterocycles. The monoisotopic (exact) mass is 238 g/mol. The fourth-order valence-electron chi connectivity index (χ4n) is 0.897. The first-order chi connectivity index (χ1) is 7.54. The van der Waals surface area contributed by atoms with Gasteiger partial charge in [0.1, 0.15) is 0 Å². The molecular formula is C9H14N6S. The summed E-state index contributed by atoms with van der Waals surface area (Å²) in [5.74, 6) is 1.53. The molecule has 0 aliphatic heterocycles. The average molecular weight is 238 g/mol. The molecule has 0 unspecified atom stereocenters. The summed E-state index contributed by atoms with van der Waals surface area (Å²) in [6.45, 7) is 0. The highest BCUT2D eigenvalue weighted by atomic mass is 32.2. The Bertz CT molecular complexity index is 371. The second kappa shape index (κ2) is 5.51. The largest absolute Gasteiger partial charge is 0.347 e. The van der Waals surface area contributed by atoms with Crippen molar-refractivity contribution in [2.24, 2.45) is 0 Å². The van der Waals surface area contributed by atoms with Gasteiger partial charge in [-0.15, -0.1) is 0 Å². The van der Waals surface area contributed by atoms with Gasteiger partial charge in [-0.05, 0) is 0 Å². The van der Waals surface area contributed by atoms with Crippen LogP contribution in [0, 0.1) is 11.3 Å². The van der Waals surface area contributed by atoms with Crippen LogP contribution in [0.15, 0.2) is 5.16 Å². The van der Waals surface area contributed by atoms with E-state index in [9.17, 15) is 0 Å². The van der Waals surface area contributed by atoms with Crippen molar-refractivity contribution in [2.75, 3.05) is 43.7 Å². The summed E-state index contributed by atoms with van der Waals surface area (Å²) in [4.78, 5) is 16.4. The number of rotatable bonds is 4. The maximum atomic E-state index is 8.52. The minimum atomic E-state index is 0.337. The minimum absolute atomic E-state index is 0.337. The van der Waals surface area contributed by atoms with Crippen molar-refractivity contribution in [2.45, 2.75) is 5.16 Å². The van der Waals surface area contributed by atoms with Crippen molar-refractivity contribution in [3.8, 4) is 6.07 Å². The molecule has 1 heterocycles. The summed E-state index contributed by atoms with van der Waals surface area (Å²) in [6, 6.07) is 2.05. The number of hydrogen-bond acceptors (Lipinski definition) is 7. The molecule has 1 aromatic rings. The molecule has 0 saturated heterocycles. The summed E-state index contributed by atoms with van der Waals surface area (Å²) in [5, 5.41) is 9.09. The smallest absolute Gasteiger partial charge is 0.230 e. The van der Waals surface area contributed by atoms with Crippen molar-refractivity contribution >= 4 is 23.7 Å². The summed E-state index contributed by atoms with van der Waals surface area (Å²) in [5.41, 5.74) is 0. The van der Waals surface area contributed by atoms with E-state index in [4.69, 9.17) is 5.26 Å². The van der Waals surface area contributed by atoms with E-state index in [0.717, 1.165) is 0 Å². The summed E-state index contributed by atoms with van der Waals surface area (Å²) >= 11 is 1.31. The van der Waals surface area contributed by atoms with Crippen LogP contribution in [0.3, 0.4) is 0 Å². The number of thioether (sulfide) groups is 1. The maximum absolute atomic E-state index is 8.52. The van der Waals surface area contributed by atoms with Gasteiger partial charge < -0.3 is 9.80 Å². The number of nitrogens with zero attached hydrogens (tertiary/aromatic N) is 6. The lowest BCUT2D eigenvalue weighted by Crippen LogP contribution is -2.19. The molecule has 1 rings (SSSR count). The molecule has 0 aliphatic rings. The Labute approximate surface area is 99.3 Å². The molecule has 0 fully saturated rings. The minimum Gasteiger partial charge on any atom is -0.347 e. The molecule has 0 radical (unpaired) electrons. The Morgan fingerprint density at radius 2 is 1.56 bits per heavy atom. The van der Waals surface area contributed by atoms with Crippen LogP contribution >= 0.6 is 11.8 Å². The van der Waals surface area contributed by atoms with Crippen LogP contribution in [-0.2, 0) is 0 Å². The third kappa shape index (κ3) is 3.24. The molecule has 86 valence electrons. The van der Waals surface area contributed by atoms with Gasteiger partial charge >= 0.3 is 0 Å². The highest BCUT2D eigenvalue weighted by Gasteiger charge is 2.09. The molecule has 6 nitrogen and oxygen atoms in total. The average Bonchev–Trinajstić information content (AvgIpc) is 2.25. The van der Waals surface area contributed by atoms with Gasteiger partial charge in [-0.1, -0.05) is 11.8 Å². The number of nitriles is 1. The van der Waals surface area contributed by atoms with Gasteiger partial charge in [0.25, 0.3) is 0 Å². The third-order valence-electron chi connectivity index (χ3n) is 1.66. The molecule has 16 heavy (non-hydrogen) atoms. The second-order valence-electron chi connectivity index (χ2n) is 3.45. The standard InChI is InChI=1S/C9H14N6S/c1-14(2)7-11-8(15(3)4)13-9(12-7)16-6-5-10/h6H2,1-4H3. The molecule has 7 heteroatoms. The lowest BCUT2D eigenvalue weighted by Gasteiger charge is -2.15. The van der Waals surface area contributed by atoms with E-state index in [1.54, 1.807) is 0 Å². The zero-order chi connectivity index (χ0) is 12.1. The molecule has 0 aliphatic carbocycles. The normalized spacial score (nSPS) is 9.69. The summed E-state index contributed by atoms with van der Waals surface area (Å²) in [6.07, 6.45) is 0.